The van der Waals surface area contributed by atoms with Crippen LogP contribution in [-0.2, 0) is 14.3 Å². The first-order valence-corrected chi connectivity index (χ1v) is 3.50. The molecule has 72 valence electrons. The molecule has 0 saturated carbocycles. The summed E-state index contributed by atoms with van der Waals surface area (Å²) in [7, 11) is 2.67. The van der Waals surface area contributed by atoms with Crippen LogP contribution in [0, 0.1) is 0 Å². The van der Waals surface area contributed by atoms with E-state index in [1.165, 1.54) is 14.2 Å². The highest BCUT2D eigenvalue weighted by molar-refractivity contribution is 5.57. The topological polar surface area (TPSA) is 76.0 Å². The molecule has 12 heavy (non-hydrogen) atoms. The molecule has 0 radical (unpaired) electrons. The fourth-order valence-electron chi connectivity index (χ4n) is 0.764. The second-order valence-corrected chi connectivity index (χ2v) is 2.35. The third kappa shape index (κ3) is 3.27. The Kier molecular flexibility index (Phi) is 5.83. The molecule has 0 aliphatic heterocycles. The normalized spacial score (nSPS) is 18.3. The van der Waals surface area contributed by atoms with Crippen molar-refractivity contribution in [2.75, 3.05) is 20.8 Å². The lowest BCUT2D eigenvalue weighted by Crippen LogP contribution is -2.41. The number of carbonyl (C=O) groups excluding carboxylic acids is 1. The maximum atomic E-state index is 10.2. The van der Waals surface area contributed by atoms with E-state index in [0.29, 0.717) is 6.29 Å². The predicted octanol–water partition coefficient (Wildman–Crippen LogP) is -1.43. The summed E-state index contributed by atoms with van der Waals surface area (Å²) >= 11 is 0. The zero-order chi connectivity index (χ0) is 9.56. The Bertz CT molecular complexity index is 127. The number of ether oxygens (including phenoxy) is 2. The Hall–Kier alpha value is -0.490. The van der Waals surface area contributed by atoms with Crippen molar-refractivity contribution in [1.82, 2.24) is 0 Å². The molecule has 0 aromatic carbocycles. The van der Waals surface area contributed by atoms with Crippen molar-refractivity contribution in [1.29, 1.82) is 0 Å². The Balaban J connectivity index is 3.95. The van der Waals surface area contributed by atoms with E-state index >= 15 is 0 Å². The van der Waals surface area contributed by atoms with Gasteiger partial charge in [0.25, 0.3) is 0 Å². The quantitative estimate of drug-likeness (QED) is 0.488. The predicted molar refractivity (Wildman–Crippen MR) is 40.8 cm³/mol. The Labute approximate surface area is 70.9 Å². The van der Waals surface area contributed by atoms with Crippen molar-refractivity contribution in [2.45, 2.75) is 18.3 Å². The molecule has 0 amide bonds. The highest BCUT2D eigenvalue weighted by atomic mass is 16.5. The minimum absolute atomic E-state index is 0.0329. The van der Waals surface area contributed by atoms with Crippen molar-refractivity contribution in [3.8, 4) is 0 Å². The lowest BCUT2D eigenvalue weighted by Gasteiger charge is -2.20. The summed E-state index contributed by atoms with van der Waals surface area (Å²) in [4.78, 5) is 10.2. The van der Waals surface area contributed by atoms with Crippen LogP contribution in [0.2, 0.25) is 0 Å². The van der Waals surface area contributed by atoms with Gasteiger partial charge in [-0.1, -0.05) is 0 Å². The Morgan fingerprint density at radius 1 is 1.42 bits per heavy atom. The number of rotatable bonds is 6. The highest BCUT2D eigenvalue weighted by Crippen LogP contribution is 2.01. The summed E-state index contributed by atoms with van der Waals surface area (Å²) in [5.74, 6) is 0. The van der Waals surface area contributed by atoms with Gasteiger partial charge in [0.1, 0.15) is 18.3 Å². The molecule has 0 heterocycles. The molecule has 0 aromatic heterocycles. The molecule has 2 N–H and O–H groups in total. The molecule has 0 aliphatic carbocycles. The van der Waals surface area contributed by atoms with Gasteiger partial charge >= 0.3 is 0 Å². The van der Waals surface area contributed by atoms with Crippen LogP contribution in [0.15, 0.2) is 0 Å². The first-order valence-electron chi connectivity index (χ1n) is 3.50. The molecule has 5 heteroatoms. The zero-order valence-electron chi connectivity index (χ0n) is 7.14. The minimum Gasteiger partial charge on any atom is -0.388 e. The maximum Gasteiger partial charge on any atom is 0.151 e. The van der Waals surface area contributed by atoms with E-state index in [1.54, 1.807) is 0 Å². The molecule has 0 aliphatic rings. The molecule has 0 saturated heterocycles. The van der Waals surface area contributed by atoms with Crippen LogP contribution in [0.3, 0.4) is 0 Å². The van der Waals surface area contributed by atoms with Gasteiger partial charge in [-0.05, 0) is 0 Å². The van der Waals surface area contributed by atoms with E-state index in [-0.39, 0.29) is 6.61 Å². The van der Waals surface area contributed by atoms with E-state index in [0.717, 1.165) is 0 Å². The van der Waals surface area contributed by atoms with E-state index in [9.17, 15) is 9.90 Å². The van der Waals surface area contributed by atoms with Gasteiger partial charge in [0, 0.05) is 14.2 Å². The van der Waals surface area contributed by atoms with Gasteiger partial charge in [-0.25, -0.2) is 0 Å². The van der Waals surface area contributed by atoms with Crippen LogP contribution in [0.5, 0.6) is 0 Å². The molecule has 0 bridgehead atoms. The van der Waals surface area contributed by atoms with Crippen LogP contribution in [0.1, 0.15) is 0 Å². The lowest BCUT2D eigenvalue weighted by molar-refractivity contribution is -0.132. The average molecular weight is 178 g/mol. The Morgan fingerprint density at radius 2 is 2.00 bits per heavy atom. The summed E-state index contributed by atoms with van der Waals surface area (Å²) < 4.78 is 9.18. The van der Waals surface area contributed by atoms with Crippen molar-refractivity contribution in [3.63, 3.8) is 0 Å². The molecular weight excluding hydrogens is 164 g/mol. The second-order valence-electron chi connectivity index (χ2n) is 2.35. The standard InChI is InChI=1S/C7H14O5/c1-11-4-5(9)7(10)6(3-8)12-2/h3,5-7,9-10H,4H2,1-2H3/t5-,6+,7+/m1/s1. The van der Waals surface area contributed by atoms with Crippen LogP contribution in [0.4, 0.5) is 0 Å². The first-order chi connectivity index (χ1) is 5.67. The monoisotopic (exact) mass is 178 g/mol. The molecule has 0 rings (SSSR count). The van der Waals surface area contributed by atoms with Crippen molar-refractivity contribution in [3.05, 3.63) is 0 Å². The summed E-state index contributed by atoms with van der Waals surface area (Å²) in [5.41, 5.74) is 0. The average Bonchev–Trinajstić information content (AvgIpc) is 2.07. The fraction of sp³-hybridized carbons (Fsp3) is 0.857. The molecule has 0 fully saturated rings. The largest absolute Gasteiger partial charge is 0.388 e. The van der Waals surface area contributed by atoms with E-state index in [2.05, 4.69) is 9.47 Å². The van der Waals surface area contributed by atoms with E-state index in [1.807, 2.05) is 0 Å². The third-order valence-electron chi connectivity index (χ3n) is 1.47. The number of aldehydes is 1. The number of hydrogen-bond acceptors (Lipinski definition) is 5. The van der Waals surface area contributed by atoms with Gasteiger partial charge in [-0.2, -0.15) is 0 Å². The summed E-state index contributed by atoms with van der Waals surface area (Å²) in [5, 5.41) is 18.4. The molecule has 5 nitrogen and oxygen atoms in total. The number of methoxy groups -OCH3 is 2. The van der Waals surface area contributed by atoms with Crippen molar-refractivity contribution < 1.29 is 24.5 Å². The number of aliphatic hydroxyl groups excluding tert-OH is 2. The summed E-state index contributed by atoms with van der Waals surface area (Å²) in [6.07, 6.45) is -2.92. The van der Waals surface area contributed by atoms with Gasteiger partial charge < -0.3 is 24.5 Å². The van der Waals surface area contributed by atoms with Gasteiger partial charge in [0.15, 0.2) is 6.29 Å². The maximum absolute atomic E-state index is 10.2. The SMILES string of the molecule is COC[C@@H](O)[C@H](O)[C@H](C=O)OC. The summed E-state index contributed by atoms with van der Waals surface area (Å²) in [6, 6.07) is 0. The van der Waals surface area contributed by atoms with Gasteiger partial charge in [-0.3, -0.25) is 0 Å². The van der Waals surface area contributed by atoms with Gasteiger partial charge in [0.05, 0.1) is 6.61 Å². The van der Waals surface area contributed by atoms with Crippen LogP contribution in [0.25, 0.3) is 0 Å². The summed E-state index contributed by atoms with van der Waals surface area (Å²) in [6.45, 7) is -0.0329. The van der Waals surface area contributed by atoms with E-state index < -0.39 is 18.3 Å². The van der Waals surface area contributed by atoms with Gasteiger partial charge in [0.2, 0.25) is 0 Å². The number of aliphatic hydroxyl groups is 2. The molecule has 0 spiro atoms. The Morgan fingerprint density at radius 3 is 2.33 bits per heavy atom. The van der Waals surface area contributed by atoms with E-state index in [4.69, 9.17) is 5.11 Å². The first kappa shape index (κ1) is 11.5. The van der Waals surface area contributed by atoms with Crippen molar-refractivity contribution in [2.24, 2.45) is 0 Å². The molecule has 0 aromatic rings. The second kappa shape index (κ2) is 6.07. The van der Waals surface area contributed by atoms with Crippen LogP contribution >= 0.6 is 0 Å². The van der Waals surface area contributed by atoms with Crippen LogP contribution < -0.4 is 0 Å². The van der Waals surface area contributed by atoms with Gasteiger partial charge in [-0.15, -0.1) is 0 Å². The fourth-order valence-corrected chi connectivity index (χ4v) is 0.764. The lowest BCUT2D eigenvalue weighted by atomic mass is 10.1. The third-order valence-corrected chi connectivity index (χ3v) is 1.47. The highest BCUT2D eigenvalue weighted by Gasteiger charge is 2.25. The van der Waals surface area contributed by atoms with Crippen LogP contribution in [-0.4, -0.2) is 55.6 Å². The smallest absolute Gasteiger partial charge is 0.151 e. The molecule has 3 atom stereocenters. The number of carbonyl (C=O) groups is 1. The van der Waals surface area contributed by atoms with Crippen molar-refractivity contribution >= 4 is 6.29 Å². The molecular formula is C7H14O5. The molecule has 0 unspecified atom stereocenters. The number of hydrogen-bond donors (Lipinski definition) is 2. The minimum atomic E-state index is -1.24. The zero-order valence-corrected chi connectivity index (χ0v) is 7.14.